The molecule has 6 heteroatoms. The van der Waals surface area contributed by atoms with Crippen LogP contribution < -0.4 is 16.0 Å². The van der Waals surface area contributed by atoms with Crippen LogP contribution in [0.5, 0.6) is 11.6 Å². The van der Waals surface area contributed by atoms with Crippen molar-refractivity contribution in [1.82, 2.24) is 9.97 Å². The van der Waals surface area contributed by atoms with Crippen LogP contribution in [0.4, 0.5) is 10.2 Å². The zero-order valence-corrected chi connectivity index (χ0v) is 10.1. The van der Waals surface area contributed by atoms with E-state index in [-0.39, 0.29) is 5.82 Å². The predicted octanol–water partition coefficient (Wildman–Crippen LogP) is 2.31. The van der Waals surface area contributed by atoms with E-state index in [0.717, 1.165) is 0 Å². The molecule has 1 heterocycles. The van der Waals surface area contributed by atoms with Crippen molar-refractivity contribution in [2.75, 3.05) is 5.43 Å². The number of hydrogen-bond donors (Lipinski definition) is 2. The molecule has 5 nitrogen and oxygen atoms in total. The molecule has 1 aromatic heterocycles. The molecular formula is C12H13FN4O. The van der Waals surface area contributed by atoms with Crippen LogP contribution in [0.25, 0.3) is 0 Å². The SMILES string of the molecule is Cc1cc(F)ccc1Oc1ncnc(NN)c1C. The van der Waals surface area contributed by atoms with Gasteiger partial charge in [0.2, 0.25) is 5.88 Å². The summed E-state index contributed by atoms with van der Waals surface area (Å²) in [5, 5.41) is 0. The smallest absolute Gasteiger partial charge is 0.227 e. The van der Waals surface area contributed by atoms with E-state index in [0.29, 0.717) is 28.6 Å². The van der Waals surface area contributed by atoms with Crippen molar-refractivity contribution in [3.63, 3.8) is 0 Å². The zero-order chi connectivity index (χ0) is 13.1. The molecule has 0 spiro atoms. The predicted molar refractivity (Wildman–Crippen MR) is 65.8 cm³/mol. The van der Waals surface area contributed by atoms with Crippen molar-refractivity contribution in [3.05, 3.63) is 41.5 Å². The Bertz CT molecular complexity index is 574. The summed E-state index contributed by atoms with van der Waals surface area (Å²) in [4.78, 5) is 7.97. The third kappa shape index (κ3) is 2.38. The van der Waals surface area contributed by atoms with Gasteiger partial charge in [-0.15, -0.1) is 0 Å². The lowest BCUT2D eigenvalue weighted by Gasteiger charge is -2.11. The van der Waals surface area contributed by atoms with Crippen LogP contribution in [-0.2, 0) is 0 Å². The number of rotatable bonds is 3. The molecule has 0 aliphatic carbocycles. The maximum Gasteiger partial charge on any atom is 0.227 e. The molecule has 0 unspecified atom stereocenters. The van der Waals surface area contributed by atoms with Crippen LogP contribution in [0.3, 0.4) is 0 Å². The maximum atomic E-state index is 13.0. The highest BCUT2D eigenvalue weighted by molar-refractivity contribution is 5.48. The van der Waals surface area contributed by atoms with Gasteiger partial charge in [-0.3, -0.25) is 0 Å². The standard InChI is InChI=1S/C12H13FN4O/c1-7-5-9(13)3-4-10(7)18-12-8(2)11(17-14)15-6-16-12/h3-6H,14H2,1-2H3,(H,15,16,17). The second-order valence-corrected chi connectivity index (χ2v) is 3.81. The van der Waals surface area contributed by atoms with Gasteiger partial charge < -0.3 is 10.2 Å². The van der Waals surface area contributed by atoms with E-state index < -0.39 is 0 Å². The van der Waals surface area contributed by atoms with Gasteiger partial charge in [0.05, 0.1) is 5.56 Å². The highest BCUT2D eigenvalue weighted by atomic mass is 19.1. The summed E-state index contributed by atoms with van der Waals surface area (Å²) in [6.45, 7) is 3.54. The first-order valence-corrected chi connectivity index (χ1v) is 5.34. The average Bonchev–Trinajstić information content (AvgIpc) is 2.35. The van der Waals surface area contributed by atoms with Crippen molar-refractivity contribution >= 4 is 5.82 Å². The fraction of sp³-hybridized carbons (Fsp3) is 0.167. The van der Waals surface area contributed by atoms with E-state index in [1.807, 2.05) is 0 Å². The molecule has 0 bridgehead atoms. The lowest BCUT2D eigenvalue weighted by Crippen LogP contribution is -2.11. The van der Waals surface area contributed by atoms with Crippen LogP contribution in [0.2, 0.25) is 0 Å². The van der Waals surface area contributed by atoms with Crippen molar-refractivity contribution < 1.29 is 9.13 Å². The highest BCUT2D eigenvalue weighted by Crippen LogP contribution is 2.28. The lowest BCUT2D eigenvalue weighted by molar-refractivity contribution is 0.452. The number of nitrogens with two attached hydrogens (primary N) is 1. The number of nitrogen functional groups attached to an aromatic ring is 1. The third-order valence-corrected chi connectivity index (χ3v) is 2.52. The first kappa shape index (κ1) is 12.3. The number of nitrogens with one attached hydrogen (secondary N) is 1. The van der Waals surface area contributed by atoms with Gasteiger partial charge in [-0.2, -0.15) is 0 Å². The zero-order valence-electron chi connectivity index (χ0n) is 10.1. The molecule has 0 radical (unpaired) electrons. The first-order valence-electron chi connectivity index (χ1n) is 5.34. The van der Waals surface area contributed by atoms with E-state index >= 15 is 0 Å². The molecule has 0 atom stereocenters. The Kier molecular flexibility index (Phi) is 3.38. The summed E-state index contributed by atoms with van der Waals surface area (Å²) in [6.07, 6.45) is 1.34. The van der Waals surface area contributed by atoms with E-state index in [2.05, 4.69) is 15.4 Å². The van der Waals surface area contributed by atoms with Crippen molar-refractivity contribution in [3.8, 4) is 11.6 Å². The molecule has 94 valence electrons. The molecule has 0 aliphatic heterocycles. The Balaban J connectivity index is 2.34. The van der Waals surface area contributed by atoms with Gasteiger partial charge in [0.25, 0.3) is 0 Å². The van der Waals surface area contributed by atoms with Crippen LogP contribution in [0, 0.1) is 19.7 Å². The van der Waals surface area contributed by atoms with Gasteiger partial charge in [0.15, 0.2) is 0 Å². The molecule has 1 aromatic carbocycles. The molecule has 0 fully saturated rings. The number of anilines is 1. The average molecular weight is 248 g/mol. The number of hydrazine groups is 1. The van der Waals surface area contributed by atoms with Crippen LogP contribution >= 0.6 is 0 Å². The molecule has 2 rings (SSSR count). The van der Waals surface area contributed by atoms with Crippen molar-refractivity contribution in [1.29, 1.82) is 0 Å². The van der Waals surface area contributed by atoms with E-state index in [4.69, 9.17) is 10.6 Å². The summed E-state index contributed by atoms with van der Waals surface area (Å²) in [7, 11) is 0. The normalized spacial score (nSPS) is 10.2. The number of nitrogens with zero attached hydrogens (tertiary/aromatic N) is 2. The fourth-order valence-electron chi connectivity index (χ4n) is 1.51. The Labute approximate surface area is 104 Å². The van der Waals surface area contributed by atoms with Gasteiger partial charge in [-0.05, 0) is 37.6 Å². The lowest BCUT2D eigenvalue weighted by atomic mass is 10.2. The molecule has 18 heavy (non-hydrogen) atoms. The minimum absolute atomic E-state index is 0.302. The molecule has 0 saturated heterocycles. The van der Waals surface area contributed by atoms with E-state index in [1.54, 1.807) is 19.9 Å². The topological polar surface area (TPSA) is 73.1 Å². The monoisotopic (exact) mass is 248 g/mol. The summed E-state index contributed by atoms with van der Waals surface area (Å²) in [5.41, 5.74) is 3.83. The fourth-order valence-corrected chi connectivity index (χ4v) is 1.51. The number of ether oxygens (including phenoxy) is 1. The number of halogens is 1. The number of aromatic nitrogens is 2. The molecule has 0 saturated carbocycles. The maximum absolute atomic E-state index is 13.0. The molecule has 3 N–H and O–H groups in total. The van der Waals surface area contributed by atoms with Crippen molar-refractivity contribution in [2.45, 2.75) is 13.8 Å². The number of aryl methyl sites for hydroxylation is 1. The second-order valence-electron chi connectivity index (χ2n) is 3.81. The largest absolute Gasteiger partial charge is 0.438 e. The summed E-state index contributed by atoms with van der Waals surface area (Å²) in [5.74, 6) is 6.43. The van der Waals surface area contributed by atoms with E-state index in [1.165, 1.54) is 18.5 Å². The minimum atomic E-state index is -0.302. The Morgan fingerprint density at radius 2 is 2.06 bits per heavy atom. The van der Waals surface area contributed by atoms with Crippen molar-refractivity contribution in [2.24, 2.45) is 5.84 Å². The van der Waals surface area contributed by atoms with Crippen LogP contribution in [0.1, 0.15) is 11.1 Å². The number of benzene rings is 1. The van der Waals surface area contributed by atoms with Gasteiger partial charge in [0, 0.05) is 0 Å². The van der Waals surface area contributed by atoms with Gasteiger partial charge >= 0.3 is 0 Å². The molecule has 0 amide bonds. The Morgan fingerprint density at radius 3 is 2.72 bits per heavy atom. The molecular weight excluding hydrogens is 235 g/mol. The Morgan fingerprint density at radius 1 is 1.28 bits per heavy atom. The quantitative estimate of drug-likeness (QED) is 0.644. The van der Waals surface area contributed by atoms with Gasteiger partial charge in [0.1, 0.15) is 23.7 Å². The second kappa shape index (κ2) is 4.97. The van der Waals surface area contributed by atoms with Gasteiger partial charge in [-0.25, -0.2) is 20.2 Å². The summed E-state index contributed by atoms with van der Waals surface area (Å²) < 4.78 is 18.6. The van der Waals surface area contributed by atoms with E-state index in [9.17, 15) is 4.39 Å². The Hall–Kier alpha value is -2.21. The van der Waals surface area contributed by atoms with Crippen LogP contribution in [-0.4, -0.2) is 9.97 Å². The number of hydrogen-bond acceptors (Lipinski definition) is 5. The third-order valence-electron chi connectivity index (χ3n) is 2.52. The summed E-state index contributed by atoms with van der Waals surface area (Å²) in [6, 6.07) is 4.29. The van der Waals surface area contributed by atoms with Gasteiger partial charge in [-0.1, -0.05) is 0 Å². The molecule has 0 aliphatic rings. The summed E-state index contributed by atoms with van der Waals surface area (Å²) >= 11 is 0. The minimum Gasteiger partial charge on any atom is -0.438 e. The highest BCUT2D eigenvalue weighted by Gasteiger charge is 2.10. The molecule has 2 aromatic rings. The first-order chi connectivity index (χ1) is 8.61. The van der Waals surface area contributed by atoms with Crippen LogP contribution in [0.15, 0.2) is 24.5 Å².